The Morgan fingerprint density at radius 1 is 0.950 bits per heavy atom. The Morgan fingerprint density at radius 3 is 2.45 bits per heavy atom. The van der Waals surface area contributed by atoms with Crippen molar-refractivity contribution in [3.05, 3.63) is 60.3 Å². The number of aromatic amines is 1. The van der Waals surface area contributed by atoms with Crippen molar-refractivity contribution in [2.75, 3.05) is 7.11 Å². The molecular formula is C17H17NO2. The third kappa shape index (κ3) is 2.48. The Bertz CT molecular complexity index is 700. The smallest absolute Gasteiger partial charge is 0.122 e. The Hall–Kier alpha value is -2.42. The summed E-state index contributed by atoms with van der Waals surface area (Å²) in [6.45, 7) is 2.04. The Labute approximate surface area is 118 Å². The number of hydrogen-bond acceptors (Lipinski definition) is 2. The summed E-state index contributed by atoms with van der Waals surface area (Å²) in [4.78, 5) is 3.19. The standard InChI is InChI=1S/C17H17NO2/c1-12(13-3-6-15(19-2)7-4-13)20-16-8-5-14-9-10-18-17(14)11-16/h3-12,18H,1-2H3. The molecule has 0 saturated carbocycles. The lowest BCUT2D eigenvalue weighted by Gasteiger charge is -2.15. The molecule has 0 amide bonds. The molecule has 0 aliphatic rings. The molecule has 3 heteroatoms. The van der Waals surface area contributed by atoms with Gasteiger partial charge in [0.15, 0.2) is 0 Å². The van der Waals surface area contributed by atoms with E-state index in [0.29, 0.717) is 0 Å². The summed E-state index contributed by atoms with van der Waals surface area (Å²) < 4.78 is 11.2. The minimum absolute atomic E-state index is 0.00619. The van der Waals surface area contributed by atoms with Crippen LogP contribution in [0, 0.1) is 0 Å². The van der Waals surface area contributed by atoms with E-state index in [9.17, 15) is 0 Å². The van der Waals surface area contributed by atoms with Crippen molar-refractivity contribution >= 4 is 10.9 Å². The van der Waals surface area contributed by atoms with E-state index >= 15 is 0 Å². The molecule has 20 heavy (non-hydrogen) atoms. The summed E-state index contributed by atoms with van der Waals surface area (Å²) in [5.41, 5.74) is 2.21. The maximum Gasteiger partial charge on any atom is 0.122 e. The highest BCUT2D eigenvalue weighted by atomic mass is 16.5. The van der Waals surface area contributed by atoms with E-state index in [4.69, 9.17) is 9.47 Å². The van der Waals surface area contributed by atoms with Gasteiger partial charge in [0, 0.05) is 17.8 Å². The van der Waals surface area contributed by atoms with Crippen LogP contribution in [0.4, 0.5) is 0 Å². The number of benzene rings is 2. The largest absolute Gasteiger partial charge is 0.497 e. The fourth-order valence-electron chi connectivity index (χ4n) is 2.25. The van der Waals surface area contributed by atoms with Crippen molar-refractivity contribution in [2.24, 2.45) is 0 Å². The maximum atomic E-state index is 5.99. The molecule has 1 atom stereocenters. The van der Waals surface area contributed by atoms with Gasteiger partial charge in [-0.15, -0.1) is 0 Å². The van der Waals surface area contributed by atoms with Gasteiger partial charge in [-0.05, 0) is 48.2 Å². The van der Waals surface area contributed by atoms with E-state index in [1.807, 2.05) is 55.6 Å². The van der Waals surface area contributed by atoms with Crippen molar-refractivity contribution in [3.63, 3.8) is 0 Å². The third-order valence-corrected chi connectivity index (χ3v) is 3.42. The Kier molecular flexibility index (Phi) is 3.33. The minimum Gasteiger partial charge on any atom is -0.497 e. The normalized spacial score (nSPS) is 12.3. The molecular weight excluding hydrogens is 250 g/mol. The maximum absolute atomic E-state index is 5.99. The van der Waals surface area contributed by atoms with Gasteiger partial charge >= 0.3 is 0 Å². The molecule has 0 saturated heterocycles. The lowest BCUT2D eigenvalue weighted by Crippen LogP contribution is -2.02. The van der Waals surface area contributed by atoms with Crippen LogP contribution in [-0.2, 0) is 0 Å². The fraction of sp³-hybridized carbons (Fsp3) is 0.176. The van der Waals surface area contributed by atoms with E-state index in [2.05, 4.69) is 11.1 Å². The van der Waals surface area contributed by atoms with E-state index in [0.717, 1.165) is 22.6 Å². The van der Waals surface area contributed by atoms with Crippen molar-refractivity contribution < 1.29 is 9.47 Å². The number of ether oxygens (including phenoxy) is 2. The molecule has 102 valence electrons. The molecule has 3 aromatic rings. The molecule has 1 N–H and O–H groups in total. The zero-order chi connectivity index (χ0) is 13.9. The van der Waals surface area contributed by atoms with Crippen LogP contribution in [-0.4, -0.2) is 12.1 Å². The molecule has 3 nitrogen and oxygen atoms in total. The number of aromatic nitrogens is 1. The van der Waals surface area contributed by atoms with Gasteiger partial charge in [-0.3, -0.25) is 0 Å². The van der Waals surface area contributed by atoms with Crippen LogP contribution in [0.1, 0.15) is 18.6 Å². The van der Waals surface area contributed by atoms with E-state index in [-0.39, 0.29) is 6.10 Å². The van der Waals surface area contributed by atoms with Gasteiger partial charge in [0.2, 0.25) is 0 Å². The second kappa shape index (κ2) is 5.29. The van der Waals surface area contributed by atoms with Crippen LogP contribution in [0.25, 0.3) is 10.9 Å². The zero-order valence-corrected chi connectivity index (χ0v) is 11.6. The summed E-state index contributed by atoms with van der Waals surface area (Å²) in [5.74, 6) is 1.72. The van der Waals surface area contributed by atoms with Gasteiger partial charge in [0.05, 0.1) is 7.11 Å². The molecule has 0 radical (unpaired) electrons. The van der Waals surface area contributed by atoms with Crippen molar-refractivity contribution in [1.82, 2.24) is 4.98 Å². The molecule has 0 spiro atoms. The average molecular weight is 267 g/mol. The van der Waals surface area contributed by atoms with Crippen molar-refractivity contribution in [2.45, 2.75) is 13.0 Å². The van der Waals surface area contributed by atoms with Gasteiger partial charge in [0.25, 0.3) is 0 Å². The Morgan fingerprint density at radius 2 is 1.70 bits per heavy atom. The number of methoxy groups -OCH3 is 1. The highest BCUT2D eigenvalue weighted by Crippen LogP contribution is 2.26. The SMILES string of the molecule is COc1ccc(C(C)Oc2ccc3cc[nH]c3c2)cc1. The van der Waals surface area contributed by atoms with E-state index < -0.39 is 0 Å². The summed E-state index contributed by atoms with van der Waals surface area (Å²) in [6.07, 6.45) is 1.93. The summed E-state index contributed by atoms with van der Waals surface area (Å²) in [5, 5.41) is 1.19. The minimum atomic E-state index is -0.00619. The van der Waals surface area contributed by atoms with Crippen LogP contribution >= 0.6 is 0 Å². The van der Waals surface area contributed by atoms with Crippen LogP contribution in [0.5, 0.6) is 11.5 Å². The first-order valence-electron chi connectivity index (χ1n) is 6.64. The van der Waals surface area contributed by atoms with Crippen LogP contribution in [0.2, 0.25) is 0 Å². The van der Waals surface area contributed by atoms with Crippen LogP contribution in [0.15, 0.2) is 54.7 Å². The second-order valence-corrected chi connectivity index (χ2v) is 4.76. The first-order valence-corrected chi connectivity index (χ1v) is 6.64. The summed E-state index contributed by atoms with van der Waals surface area (Å²) in [7, 11) is 1.67. The third-order valence-electron chi connectivity index (χ3n) is 3.42. The number of rotatable bonds is 4. The summed E-state index contributed by atoms with van der Waals surface area (Å²) in [6, 6.07) is 16.1. The van der Waals surface area contributed by atoms with E-state index in [1.54, 1.807) is 7.11 Å². The van der Waals surface area contributed by atoms with Crippen LogP contribution < -0.4 is 9.47 Å². The molecule has 1 aromatic heterocycles. The molecule has 0 aliphatic carbocycles. The van der Waals surface area contributed by atoms with Gasteiger partial charge in [0.1, 0.15) is 17.6 Å². The van der Waals surface area contributed by atoms with Crippen molar-refractivity contribution in [1.29, 1.82) is 0 Å². The highest BCUT2D eigenvalue weighted by Gasteiger charge is 2.08. The number of nitrogens with one attached hydrogen (secondary N) is 1. The van der Waals surface area contributed by atoms with Crippen molar-refractivity contribution in [3.8, 4) is 11.5 Å². The summed E-state index contributed by atoms with van der Waals surface area (Å²) >= 11 is 0. The second-order valence-electron chi connectivity index (χ2n) is 4.76. The number of hydrogen-bond donors (Lipinski definition) is 1. The molecule has 0 fully saturated rings. The van der Waals surface area contributed by atoms with E-state index in [1.165, 1.54) is 5.39 Å². The fourth-order valence-corrected chi connectivity index (χ4v) is 2.25. The zero-order valence-electron chi connectivity index (χ0n) is 11.6. The molecule has 1 unspecified atom stereocenters. The van der Waals surface area contributed by atoms with Gasteiger partial charge in [-0.2, -0.15) is 0 Å². The number of H-pyrrole nitrogens is 1. The highest BCUT2D eigenvalue weighted by molar-refractivity contribution is 5.80. The first-order chi connectivity index (χ1) is 9.76. The topological polar surface area (TPSA) is 34.2 Å². The average Bonchev–Trinajstić information content (AvgIpc) is 2.95. The first kappa shape index (κ1) is 12.6. The number of fused-ring (bicyclic) bond motifs is 1. The molecule has 3 rings (SSSR count). The van der Waals surface area contributed by atoms with Gasteiger partial charge < -0.3 is 14.5 Å². The lowest BCUT2D eigenvalue weighted by atomic mass is 10.1. The molecule has 2 aromatic carbocycles. The van der Waals surface area contributed by atoms with Gasteiger partial charge in [-0.25, -0.2) is 0 Å². The molecule has 0 aliphatic heterocycles. The predicted octanol–water partition coefficient (Wildman–Crippen LogP) is 4.32. The predicted molar refractivity (Wildman–Crippen MR) is 80.3 cm³/mol. The molecule has 1 heterocycles. The molecule has 0 bridgehead atoms. The van der Waals surface area contributed by atoms with Crippen LogP contribution in [0.3, 0.4) is 0 Å². The quantitative estimate of drug-likeness (QED) is 0.764. The lowest BCUT2D eigenvalue weighted by molar-refractivity contribution is 0.227. The van der Waals surface area contributed by atoms with Gasteiger partial charge in [-0.1, -0.05) is 12.1 Å². The monoisotopic (exact) mass is 267 g/mol. The Balaban J connectivity index is 1.78.